The fourth-order valence-corrected chi connectivity index (χ4v) is 9.77. The first-order valence-electron chi connectivity index (χ1n) is 18.6. The maximum atomic E-state index is 2.47. The molecule has 8 aromatic carbocycles. The van der Waals surface area contributed by atoms with Crippen molar-refractivity contribution in [3.63, 3.8) is 0 Å². The van der Waals surface area contributed by atoms with Gasteiger partial charge in [-0.3, -0.25) is 0 Å². The molecule has 0 spiro atoms. The zero-order chi connectivity index (χ0) is 35.0. The first-order chi connectivity index (χ1) is 26.0. The fourth-order valence-electron chi connectivity index (χ4n) is 9.77. The van der Waals surface area contributed by atoms with E-state index >= 15 is 0 Å². The molecule has 0 fully saturated rings. The van der Waals surface area contributed by atoms with Gasteiger partial charge in [-0.25, -0.2) is 0 Å². The van der Waals surface area contributed by atoms with Crippen LogP contribution < -0.4 is 0 Å². The van der Waals surface area contributed by atoms with Gasteiger partial charge in [0.2, 0.25) is 0 Å². The van der Waals surface area contributed by atoms with Gasteiger partial charge in [0, 0.05) is 43.4 Å². The first kappa shape index (κ1) is 29.0. The van der Waals surface area contributed by atoms with Gasteiger partial charge in [0.15, 0.2) is 0 Å². The smallest absolute Gasteiger partial charge is 0.0620 e. The molecule has 248 valence electrons. The Labute approximate surface area is 307 Å². The van der Waals surface area contributed by atoms with Crippen LogP contribution in [0.25, 0.3) is 99.0 Å². The summed E-state index contributed by atoms with van der Waals surface area (Å²) in [6, 6.07) is 63.4. The maximum Gasteiger partial charge on any atom is 0.0620 e. The molecule has 0 atom stereocenters. The second-order valence-electron chi connectivity index (χ2n) is 15.4. The lowest BCUT2D eigenvalue weighted by Gasteiger charge is -2.21. The van der Waals surface area contributed by atoms with Crippen LogP contribution >= 0.6 is 0 Å². The van der Waals surface area contributed by atoms with Gasteiger partial charge >= 0.3 is 0 Å². The van der Waals surface area contributed by atoms with E-state index < -0.39 is 0 Å². The Morgan fingerprint density at radius 3 is 1.81 bits per heavy atom. The lowest BCUT2D eigenvalue weighted by Crippen LogP contribution is -2.14. The highest BCUT2D eigenvalue weighted by molar-refractivity contribution is 6.23. The number of nitrogens with zero attached hydrogens (tertiary/aromatic N) is 2. The Bertz CT molecular complexity index is 3310. The second-order valence-corrected chi connectivity index (χ2v) is 15.4. The number of fused-ring (bicyclic) bond motifs is 12. The summed E-state index contributed by atoms with van der Waals surface area (Å²) in [4.78, 5) is 0. The number of para-hydroxylation sites is 3. The SMILES string of the molecule is CC1(C)c2ccccc2-c2cc(-c3cccc(-n4c5ccccc5c5cc(-c6ccc7c8cccc9c%10ccccc%10n(c7c6)c98)ccc54)c3)ccc21. The van der Waals surface area contributed by atoms with Crippen molar-refractivity contribution in [2.24, 2.45) is 0 Å². The van der Waals surface area contributed by atoms with E-state index in [0.29, 0.717) is 0 Å². The monoisotopic (exact) mass is 674 g/mol. The Morgan fingerprint density at radius 1 is 0.358 bits per heavy atom. The van der Waals surface area contributed by atoms with Crippen LogP contribution in [0, 0.1) is 0 Å². The molecule has 1 aliphatic rings. The van der Waals surface area contributed by atoms with Crippen LogP contribution in [0.1, 0.15) is 25.0 Å². The van der Waals surface area contributed by atoms with Crippen molar-refractivity contribution >= 4 is 59.9 Å². The van der Waals surface area contributed by atoms with Crippen LogP contribution in [0.15, 0.2) is 170 Å². The molecule has 0 bridgehead atoms. The molecule has 2 heteroatoms. The van der Waals surface area contributed by atoms with Crippen molar-refractivity contribution < 1.29 is 0 Å². The number of aromatic nitrogens is 2. The van der Waals surface area contributed by atoms with E-state index in [1.807, 2.05) is 0 Å². The zero-order valence-electron chi connectivity index (χ0n) is 29.6. The largest absolute Gasteiger partial charge is 0.309 e. The quantitative estimate of drug-likeness (QED) is 0.176. The lowest BCUT2D eigenvalue weighted by atomic mass is 9.82. The van der Waals surface area contributed by atoms with Crippen molar-refractivity contribution in [3.05, 3.63) is 181 Å². The predicted octanol–water partition coefficient (Wildman–Crippen LogP) is 13.6. The summed E-state index contributed by atoms with van der Waals surface area (Å²) >= 11 is 0. The summed E-state index contributed by atoms with van der Waals surface area (Å²) in [6.07, 6.45) is 0. The van der Waals surface area contributed by atoms with Crippen molar-refractivity contribution in [1.82, 2.24) is 8.97 Å². The van der Waals surface area contributed by atoms with Gasteiger partial charge in [-0.1, -0.05) is 135 Å². The summed E-state index contributed by atoms with van der Waals surface area (Å²) in [5, 5.41) is 7.77. The third-order valence-electron chi connectivity index (χ3n) is 12.3. The second kappa shape index (κ2) is 10.2. The molecule has 0 N–H and O–H groups in total. The van der Waals surface area contributed by atoms with Gasteiger partial charge in [-0.2, -0.15) is 0 Å². The van der Waals surface area contributed by atoms with Crippen LogP contribution in [0.5, 0.6) is 0 Å². The van der Waals surface area contributed by atoms with Gasteiger partial charge in [0.1, 0.15) is 0 Å². The number of benzene rings is 8. The summed E-state index contributed by atoms with van der Waals surface area (Å²) in [6.45, 7) is 4.69. The maximum absolute atomic E-state index is 2.47. The molecular weight excluding hydrogens is 641 g/mol. The minimum atomic E-state index is 0.00204. The van der Waals surface area contributed by atoms with Gasteiger partial charge in [0.25, 0.3) is 0 Å². The van der Waals surface area contributed by atoms with E-state index in [9.17, 15) is 0 Å². The van der Waals surface area contributed by atoms with Crippen molar-refractivity contribution in [2.75, 3.05) is 0 Å². The highest BCUT2D eigenvalue weighted by atomic mass is 15.0. The molecule has 11 aromatic rings. The Hall–Kier alpha value is -6.64. The number of hydrogen-bond donors (Lipinski definition) is 0. The predicted molar refractivity (Wildman–Crippen MR) is 224 cm³/mol. The van der Waals surface area contributed by atoms with E-state index in [1.54, 1.807) is 0 Å². The van der Waals surface area contributed by atoms with E-state index in [4.69, 9.17) is 0 Å². The van der Waals surface area contributed by atoms with Crippen LogP contribution in [0.3, 0.4) is 0 Å². The molecule has 12 rings (SSSR count). The Morgan fingerprint density at radius 2 is 0.943 bits per heavy atom. The molecule has 0 amide bonds. The highest BCUT2D eigenvalue weighted by Crippen LogP contribution is 2.49. The van der Waals surface area contributed by atoms with E-state index in [2.05, 4.69) is 193 Å². The molecule has 2 nitrogen and oxygen atoms in total. The molecule has 3 aromatic heterocycles. The molecule has 3 heterocycles. The van der Waals surface area contributed by atoms with Gasteiger partial charge in [-0.15, -0.1) is 0 Å². The summed E-state index contributed by atoms with van der Waals surface area (Å²) < 4.78 is 4.91. The topological polar surface area (TPSA) is 9.34 Å². The van der Waals surface area contributed by atoms with Crippen LogP contribution in [-0.2, 0) is 5.41 Å². The van der Waals surface area contributed by atoms with Crippen LogP contribution in [0.2, 0.25) is 0 Å². The summed E-state index contributed by atoms with van der Waals surface area (Å²) in [5.41, 5.74) is 17.9. The summed E-state index contributed by atoms with van der Waals surface area (Å²) in [5.74, 6) is 0. The standard InChI is InChI=1S/C51H34N2/c1-51(2)44-18-6-3-13-36(44)42-28-32(22-25-45(42)51)31-11-9-12-35(27-31)52-46-19-7-5-15-38(46)43-29-33(23-26-48(43)52)34-21-24-39-41-17-10-16-40-37-14-4-8-20-47(37)53(50(40)41)49(39)30-34/h3-30H,1-2H3. The normalized spacial score (nSPS) is 13.6. The van der Waals surface area contributed by atoms with Gasteiger partial charge in [0.05, 0.1) is 27.6 Å². The fraction of sp³-hybridized carbons (Fsp3) is 0.0588. The third-order valence-corrected chi connectivity index (χ3v) is 12.3. The molecular formula is C51H34N2. The highest BCUT2D eigenvalue weighted by Gasteiger charge is 2.35. The van der Waals surface area contributed by atoms with E-state index in [-0.39, 0.29) is 5.41 Å². The Balaban J connectivity index is 1.01. The van der Waals surface area contributed by atoms with Crippen molar-refractivity contribution in [3.8, 4) is 39.1 Å². The lowest BCUT2D eigenvalue weighted by molar-refractivity contribution is 0.660. The summed E-state index contributed by atoms with van der Waals surface area (Å²) in [7, 11) is 0. The average molecular weight is 675 g/mol. The number of hydrogen-bond acceptors (Lipinski definition) is 0. The molecule has 0 saturated heterocycles. The molecule has 0 aliphatic heterocycles. The molecule has 1 aliphatic carbocycles. The minimum absolute atomic E-state index is 0.00204. The average Bonchev–Trinajstić information content (AvgIpc) is 3.91. The van der Waals surface area contributed by atoms with Crippen molar-refractivity contribution in [2.45, 2.75) is 19.3 Å². The van der Waals surface area contributed by atoms with Crippen molar-refractivity contribution in [1.29, 1.82) is 0 Å². The minimum Gasteiger partial charge on any atom is -0.309 e. The molecule has 0 unspecified atom stereocenters. The Kier molecular flexibility index (Phi) is 5.60. The van der Waals surface area contributed by atoms with E-state index in [1.165, 1.54) is 110 Å². The molecule has 0 radical (unpaired) electrons. The van der Waals surface area contributed by atoms with Gasteiger partial charge in [-0.05, 0) is 93.0 Å². The number of rotatable bonds is 3. The van der Waals surface area contributed by atoms with Crippen LogP contribution in [-0.4, -0.2) is 8.97 Å². The third kappa shape index (κ3) is 3.82. The molecule has 0 saturated carbocycles. The molecule has 53 heavy (non-hydrogen) atoms. The van der Waals surface area contributed by atoms with Gasteiger partial charge < -0.3 is 8.97 Å². The van der Waals surface area contributed by atoms with E-state index in [0.717, 1.165) is 0 Å². The van der Waals surface area contributed by atoms with Crippen LogP contribution in [0.4, 0.5) is 0 Å². The zero-order valence-corrected chi connectivity index (χ0v) is 29.6. The first-order valence-corrected chi connectivity index (χ1v) is 18.6.